The van der Waals surface area contributed by atoms with Crippen LogP contribution in [0.1, 0.15) is 31.7 Å². The Bertz CT molecular complexity index is 653. The van der Waals surface area contributed by atoms with Gasteiger partial charge in [-0.3, -0.25) is 9.10 Å². The fraction of sp³-hybridized carbons (Fsp3) is 0.611. The summed E-state index contributed by atoms with van der Waals surface area (Å²) in [6, 6.07) is 7.28. The zero-order chi connectivity index (χ0) is 18.3. The molecule has 25 heavy (non-hydrogen) atoms. The van der Waals surface area contributed by atoms with Gasteiger partial charge in [0.05, 0.1) is 11.9 Å². The number of carbonyl (C=O) groups is 1. The molecule has 1 fully saturated rings. The number of nitrogens with zero attached hydrogens (tertiary/aromatic N) is 2. The number of aryl methyl sites for hydroxylation is 1. The van der Waals surface area contributed by atoms with Gasteiger partial charge in [-0.2, -0.15) is 0 Å². The molecule has 1 heterocycles. The molecule has 0 atom stereocenters. The smallest absolute Gasteiger partial charge is 0.240 e. The van der Waals surface area contributed by atoms with Crippen LogP contribution in [0.5, 0.6) is 0 Å². The highest BCUT2D eigenvalue weighted by atomic mass is 32.2. The average molecular weight is 368 g/mol. The van der Waals surface area contributed by atoms with Gasteiger partial charge in [0.1, 0.15) is 6.54 Å². The van der Waals surface area contributed by atoms with Crippen molar-refractivity contribution in [2.75, 3.05) is 43.3 Å². The molecule has 0 aromatic heterocycles. The Hall–Kier alpha value is -1.60. The Morgan fingerprint density at radius 3 is 2.40 bits per heavy atom. The van der Waals surface area contributed by atoms with Crippen molar-refractivity contribution in [2.24, 2.45) is 0 Å². The Morgan fingerprint density at radius 1 is 1.20 bits per heavy atom. The van der Waals surface area contributed by atoms with Crippen LogP contribution in [0, 0.1) is 0 Å². The molecule has 0 spiro atoms. The lowest BCUT2D eigenvalue weighted by atomic mass is 10.1. The lowest BCUT2D eigenvalue weighted by Crippen LogP contribution is -2.41. The van der Waals surface area contributed by atoms with Crippen LogP contribution in [0.25, 0.3) is 0 Å². The maximum Gasteiger partial charge on any atom is 0.240 e. The third-order valence-corrected chi connectivity index (χ3v) is 5.63. The Labute approximate surface area is 151 Å². The number of anilines is 1. The summed E-state index contributed by atoms with van der Waals surface area (Å²) in [6.07, 6.45) is 5.41. The van der Waals surface area contributed by atoms with Crippen molar-refractivity contribution < 1.29 is 13.2 Å². The van der Waals surface area contributed by atoms with E-state index < -0.39 is 10.0 Å². The summed E-state index contributed by atoms with van der Waals surface area (Å²) >= 11 is 0. The first-order valence-electron chi connectivity index (χ1n) is 8.96. The minimum absolute atomic E-state index is 0.186. The largest absolute Gasteiger partial charge is 0.354 e. The summed E-state index contributed by atoms with van der Waals surface area (Å²) in [5.74, 6) is -0.272. The van der Waals surface area contributed by atoms with E-state index in [1.54, 1.807) is 12.1 Å². The number of carbonyl (C=O) groups excluding carboxylic acids is 1. The summed E-state index contributed by atoms with van der Waals surface area (Å²) in [6.45, 7) is 5.69. The predicted molar refractivity (Wildman–Crippen MR) is 101 cm³/mol. The van der Waals surface area contributed by atoms with Gasteiger partial charge >= 0.3 is 0 Å². The SMILES string of the molecule is CCc1ccc(N(CC(=O)NCCCN2CCCC2)S(C)(=O)=O)cc1. The molecule has 1 N–H and O–H groups in total. The zero-order valence-electron chi connectivity index (χ0n) is 15.2. The molecule has 140 valence electrons. The standard InChI is InChI=1S/C18H29N3O3S/c1-3-16-7-9-17(10-8-16)21(25(2,23)24)15-18(22)19-11-6-14-20-12-4-5-13-20/h7-10H,3-6,11-15H2,1-2H3,(H,19,22). The Morgan fingerprint density at radius 2 is 1.84 bits per heavy atom. The van der Waals surface area contributed by atoms with Crippen LogP contribution < -0.4 is 9.62 Å². The van der Waals surface area contributed by atoms with E-state index in [1.807, 2.05) is 19.1 Å². The van der Waals surface area contributed by atoms with Crippen LogP contribution in [0.4, 0.5) is 5.69 Å². The minimum atomic E-state index is -3.51. The highest BCUT2D eigenvalue weighted by molar-refractivity contribution is 7.92. The van der Waals surface area contributed by atoms with Crippen LogP contribution in [0.3, 0.4) is 0 Å². The van der Waals surface area contributed by atoms with E-state index in [4.69, 9.17) is 0 Å². The molecule has 0 saturated carbocycles. The number of amides is 1. The fourth-order valence-electron chi connectivity index (χ4n) is 3.02. The molecule has 1 aromatic rings. The van der Waals surface area contributed by atoms with E-state index in [0.717, 1.165) is 48.6 Å². The van der Waals surface area contributed by atoms with Crippen molar-refractivity contribution in [3.63, 3.8) is 0 Å². The third-order valence-electron chi connectivity index (χ3n) is 4.49. The second kappa shape index (κ2) is 9.20. The van der Waals surface area contributed by atoms with Crippen LogP contribution >= 0.6 is 0 Å². The summed E-state index contributed by atoms with van der Waals surface area (Å²) in [4.78, 5) is 14.6. The third kappa shape index (κ3) is 6.32. The Balaban J connectivity index is 1.86. The van der Waals surface area contributed by atoms with Gasteiger partial charge in [0.25, 0.3) is 0 Å². The normalized spacial score (nSPS) is 15.3. The number of likely N-dealkylation sites (tertiary alicyclic amines) is 1. The molecular weight excluding hydrogens is 338 g/mol. The van der Waals surface area contributed by atoms with E-state index in [0.29, 0.717) is 12.2 Å². The fourth-order valence-corrected chi connectivity index (χ4v) is 3.88. The van der Waals surface area contributed by atoms with Gasteiger partial charge in [-0.25, -0.2) is 8.42 Å². The van der Waals surface area contributed by atoms with Crippen molar-refractivity contribution in [1.29, 1.82) is 0 Å². The molecule has 0 aliphatic carbocycles. The van der Waals surface area contributed by atoms with Crippen LogP contribution in [-0.4, -0.2) is 58.2 Å². The lowest BCUT2D eigenvalue weighted by Gasteiger charge is -2.22. The summed E-state index contributed by atoms with van der Waals surface area (Å²) in [5.41, 5.74) is 1.65. The second-order valence-electron chi connectivity index (χ2n) is 6.54. The number of hydrogen-bond acceptors (Lipinski definition) is 4. The van der Waals surface area contributed by atoms with Gasteiger partial charge in [-0.05, 0) is 63.0 Å². The molecule has 0 radical (unpaired) electrons. The lowest BCUT2D eigenvalue weighted by molar-refractivity contribution is -0.119. The molecule has 2 rings (SSSR count). The van der Waals surface area contributed by atoms with Gasteiger partial charge in [0, 0.05) is 6.54 Å². The first-order chi connectivity index (χ1) is 11.9. The summed E-state index contributed by atoms with van der Waals surface area (Å²) in [7, 11) is -3.51. The molecule has 0 unspecified atom stereocenters. The average Bonchev–Trinajstić information content (AvgIpc) is 3.09. The van der Waals surface area contributed by atoms with E-state index in [1.165, 1.54) is 12.8 Å². The monoisotopic (exact) mass is 367 g/mol. The van der Waals surface area contributed by atoms with Crippen molar-refractivity contribution >= 4 is 21.6 Å². The molecule has 1 aliphatic heterocycles. The Kier molecular flexibility index (Phi) is 7.25. The first kappa shape index (κ1) is 19.7. The molecule has 1 aliphatic rings. The quantitative estimate of drug-likeness (QED) is 0.674. The van der Waals surface area contributed by atoms with Gasteiger partial charge in [0.15, 0.2) is 0 Å². The topological polar surface area (TPSA) is 69.7 Å². The van der Waals surface area contributed by atoms with Crippen molar-refractivity contribution in [1.82, 2.24) is 10.2 Å². The molecule has 1 amide bonds. The van der Waals surface area contributed by atoms with Crippen molar-refractivity contribution in [3.8, 4) is 0 Å². The number of rotatable bonds is 9. The van der Waals surface area contributed by atoms with Crippen LogP contribution in [0.2, 0.25) is 0 Å². The van der Waals surface area contributed by atoms with Crippen molar-refractivity contribution in [2.45, 2.75) is 32.6 Å². The van der Waals surface area contributed by atoms with E-state index in [-0.39, 0.29) is 12.5 Å². The number of benzene rings is 1. The molecule has 1 saturated heterocycles. The van der Waals surface area contributed by atoms with Gasteiger partial charge in [0.2, 0.25) is 15.9 Å². The highest BCUT2D eigenvalue weighted by Crippen LogP contribution is 2.18. The number of sulfonamides is 1. The van der Waals surface area contributed by atoms with Gasteiger partial charge in [-0.15, -0.1) is 0 Å². The van der Waals surface area contributed by atoms with Gasteiger partial charge < -0.3 is 10.2 Å². The molecule has 0 bridgehead atoms. The number of hydrogen-bond donors (Lipinski definition) is 1. The first-order valence-corrected chi connectivity index (χ1v) is 10.8. The molecular formula is C18H29N3O3S. The minimum Gasteiger partial charge on any atom is -0.354 e. The molecule has 1 aromatic carbocycles. The molecule has 7 heteroatoms. The maximum atomic E-state index is 12.2. The molecule has 6 nitrogen and oxygen atoms in total. The van der Waals surface area contributed by atoms with Gasteiger partial charge in [-0.1, -0.05) is 19.1 Å². The predicted octanol–water partition coefficient (Wildman–Crippen LogP) is 1.62. The van der Waals surface area contributed by atoms with Crippen LogP contribution in [0.15, 0.2) is 24.3 Å². The highest BCUT2D eigenvalue weighted by Gasteiger charge is 2.20. The van der Waals surface area contributed by atoms with E-state index in [2.05, 4.69) is 10.2 Å². The van der Waals surface area contributed by atoms with Crippen LogP contribution in [-0.2, 0) is 21.2 Å². The summed E-state index contributed by atoms with van der Waals surface area (Å²) in [5, 5.41) is 2.83. The van der Waals surface area contributed by atoms with Crippen molar-refractivity contribution in [3.05, 3.63) is 29.8 Å². The zero-order valence-corrected chi connectivity index (χ0v) is 16.0. The van der Waals surface area contributed by atoms with E-state index >= 15 is 0 Å². The number of nitrogens with one attached hydrogen (secondary N) is 1. The second-order valence-corrected chi connectivity index (χ2v) is 8.45. The summed E-state index contributed by atoms with van der Waals surface area (Å²) < 4.78 is 25.3. The van der Waals surface area contributed by atoms with E-state index in [9.17, 15) is 13.2 Å². The maximum absolute atomic E-state index is 12.2.